The summed E-state index contributed by atoms with van der Waals surface area (Å²) in [5.41, 5.74) is 2.72. The molecule has 0 aliphatic heterocycles. The van der Waals surface area contributed by atoms with Gasteiger partial charge in [0.15, 0.2) is 0 Å². The van der Waals surface area contributed by atoms with Crippen LogP contribution in [0.4, 0.5) is 5.69 Å². The molecule has 3 nitrogen and oxygen atoms in total. The number of hydrogen-bond donors (Lipinski definition) is 1. The highest BCUT2D eigenvalue weighted by Crippen LogP contribution is 2.28. The van der Waals surface area contributed by atoms with E-state index in [0.29, 0.717) is 12.0 Å². The minimum atomic E-state index is 0.406. The molecule has 1 unspecified atom stereocenters. The van der Waals surface area contributed by atoms with Crippen molar-refractivity contribution in [1.29, 1.82) is 0 Å². The smallest absolute Gasteiger partial charge is 0.0637 e. The number of benzene rings is 1. The summed E-state index contributed by atoms with van der Waals surface area (Å²) in [6, 6.07) is 9.13. The highest BCUT2D eigenvalue weighted by atomic mass is 16.5. The number of nitrogens with one attached hydrogen (secondary N) is 1. The standard InChI is InChI=1S/C17H30N2O/c1-6-16(18-4)15-9-7-8-10-17(15)19(11-12-20-5)13-14(2)3/h7-10,14,16,18H,6,11-13H2,1-5H3. The maximum Gasteiger partial charge on any atom is 0.0637 e. The summed E-state index contributed by atoms with van der Waals surface area (Å²) < 4.78 is 5.27. The van der Waals surface area contributed by atoms with E-state index in [0.717, 1.165) is 26.1 Å². The van der Waals surface area contributed by atoms with E-state index in [2.05, 4.69) is 55.3 Å². The maximum absolute atomic E-state index is 5.27. The Morgan fingerprint density at radius 3 is 2.50 bits per heavy atom. The normalized spacial score (nSPS) is 12.7. The van der Waals surface area contributed by atoms with E-state index in [4.69, 9.17) is 4.74 Å². The Bertz CT molecular complexity index is 375. The summed E-state index contributed by atoms with van der Waals surface area (Å²) >= 11 is 0. The average Bonchev–Trinajstić information content (AvgIpc) is 2.45. The Morgan fingerprint density at radius 2 is 1.95 bits per heavy atom. The summed E-state index contributed by atoms with van der Waals surface area (Å²) in [5, 5.41) is 3.41. The molecule has 20 heavy (non-hydrogen) atoms. The summed E-state index contributed by atoms with van der Waals surface area (Å²) in [4.78, 5) is 2.45. The number of nitrogens with zero attached hydrogens (tertiary/aromatic N) is 1. The zero-order valence-corrected chi connectivity index (χ0v) is 13.6. The molecule has 114 valence electrons. The van der Waals surface area contributed by atoms with Gasteiger partial charge in [-0.3, -0.25) is 0 Å². The van der Waals surface area contributed by atoms with Crippen molar-refractivity contribution in [2.45, 2.75) is 33.2 Å². The third-order valence-corrected chi connectivity index (χ3v) is 3.56. The van der Waals surface area contributed by atoms with Crippen molar-refractivity contribution < 1.29 is 4.74 Å². The van der Waals surface area contributed by atoms with Gasteiger partial charge in [-0.05, 0) is 31.0 Å². The Hall–Kier alpha value is -1.06. The zero-order chi connectivity index (χ0) is 15.0. The van der Waals surface area contributed by atoms with Crippen LogP contribution >= 0.6 is 0 Å². The molecule has 0 aliphatic carbocycles. The second-order valence-corrected chi connectivity index (χ2v) is 5.64. The van der Waals surface area contributed by atoms with Crippen LogP contribution in [-0.2, 0) is 4.74 Å². The van der Waals surface area contributed by atoms with E-state index in [9.17, 15) is 0 Å². The molecule has 0 bridgehead atoms. The van der Waals surface area contributed by atoms with Gasteiger partial charge < -0.3 is 15.0 Å². The lowest BCUT2D eigenvalue weighted by Crippen LogP contribution is -2.32. The lowest BCUT2D eigenvalue weighted by Gasteiger charge is -2.30. The molecule has 0 spiro atoms. The third-order valence-electron chi connectivity index (χ3n) is 3.56. The Balaban J connectivity index is 3.04. The fraction of sp³-hybridized carbons (Fsp3) is 0.647. The lowest BCUT2D eigenvalue weighted by molar-refractivity contribution is 0.204. The van der Waals surface area contributed by atoms with E-state index >= 15 is 0 Å². The number of methoxy groups -OCH3 is 1. The van der Waals surface area contributed by atoms with E-state index in [1.807, 2.05) is 7.05 Å². The van der Waals surface area contributed by atoms with Crippen molar-refractivity contribution in [2.75, 3.05) is 38.8 Å². The van der Waals surface area contributed by atoms with E-state index in [-0.39, 0.29) is 0 Å². The Labute approximate surface area is 124 Å². The number of anilines is 1. The van der Waals surface area contributed by atoms with Crippen molar-refractivity contribution in [3.63, 3.8) is 0 Å². The molecule has 1 aromatic rings. The molecule has 1 aromatic carbocycles. The molecule has 0 saturated heterocycles. The van der Waals surface area contributed by atoms with Crippen LogP contribution in [0, 0.1) is 5.92 Å². The largest absolute Gasteiger partial charge is 0.383 e. The average molecular weight is 278 g/mol. The molecular formula is C17H30N2O. The predicted octanol–water partition coefficient (Wildman–Crippen LogP) is 3.47. The summed E-state index contributed by atoms with van der Waals surface area (Å²) in [6.45, 7) is 9.50. The fourth-order valence-electron chi connectivity index (χ4n) is 2.60. The topological polar surface area (TPSA) is 24.5 Å². The van der Waals surface area contributed by atoms with Crippen LogP contribution in [0.3, 0.4) is 0 Å². The fourth-order valence-corrected chi connectivity index (χ4v) is 2.60. The first-order chi connectivity index (χ1) is 9.63. The molecule has 0 aliphatic rings. The molecular weight excluding hydrogens is 248 g/mol. The van der Waals surface area contributed by atoms with Crippen molar-refractivity contribution in [2.24, 2.45) is 5.92 Å². The predicted molar refractivity (Wildman–Crippen MR) is 87.5 cm³/mol. The van der Waals surface area contributed by atoms with Gasteiger partial charge in [0.2, 0.25) is 0 Å². The third kappa shape index (κ3) is 4.80. The van der Waals surface area contributed by atoms with Crippen molar-refractivity contribution in [1.82, 2.24) is 5.32 Å². The second kappa shape index (κ2) is 8.98. The Morgan fingerprint density at radius 1 is 1.25 bits per heavy atom. The van der Waals surface area contributed by atoms with Crippen molar-refractivity contribution in [3.8, 4) is 0 Å². The van der Waals surface area contributed by atoms with E-state index in [1.165, 1.54) is 11.3 Å². The van der Waals surface area contributed by atoms with Gasteiger partial charge in [-0.1, -0.05) is 39.0 Å². The highest BCUT2D eigenvalue weighted by molar-refractivity contribution is 5.55. The molecule has 3 heteroatoms. The van der Waals surface area contributed by atoms with Crippen LogP contribution in [-0.4, -0.2) is 33.9 Å². The van der Waals surface area contributed by atoms with E-state index in [1.54, 1.807) is 7.11 Å². The van der Waals surface area contributed by atoms with Gasteiger partial charge in [-0.25, -0.2) is 0 Å². The second-order valence-electron chi connectivity index (χ2n) is 5.64. The first-order valence-corrected chi connectivity index (χ1v) is 7.64. The molecule has 1 rings (SSSR count). The SMILES string of the molecule is CCC(NC)c1ccccc1N(CCOC)CC(C)C. The maximum atomic E-state index is 5.27. The number of rotatable bonds is 9. The van der Waals surface area contributed by atoms with Crippen LogP contribution in [0.15, 0.2) is 24.3 Å². The summed E-state index contributed by atoms with van der Waals surface area (Å²) in [5.74, 6) is 0.634. The van der Waals surface area contributed by atoms with Crippen LogP contribution < -0.4 is 10.2 Å². The zero-order valence-electron chi connectivity index (χ0n) is 13.6. The van der Waals surface area contributed by atoms with Crippen molar-refractivity contribution >= 4 is 5.69 Å². The van der Waals surface area contributed by atoms with Crippen LogP contribution in [0.25, 0.3) is 0 Å². The van der Waals surface area contributed by atoms with Gasteiger partial charge in [0.25, 0.3) is 0 Å². The molecule has 1 atom stereocenters. The van der Waals surface area contributed by atoms with Gasteiger partial charge in [-0.2, -0.15) is 0 Å². The van der Waals surface area contributed by atoms with Gasteiger partial charge in [0, 0.05) is 31.9 Å². The molecule has 0 amide bonds. The van der Waals surface area contributed by atoms with Gasteiger partial charge >= 0.3 is 0 Å². The van der Waals surface area contributed by atoms with Crippen LogP contribution in [0.1, 0.15) is 38.8 Å². The molecule has 0 heterocycles. The highest BCUT2D eigenvalue weighted by Gasteiger charge is 2.16. The van der Waals surface area contributed by atoms with Gasteiger partial charge in [0.05, 0.1) is 6.61 Å². The first-order valence-electron chi connectivity index (χ1n) is 7.64. The first kappa shape index (κ1) is 17.0. The summed E-state index contributed by atoms with van der Waals surface area (Å²) in [7, 11) is 3.80. The van der Waals surface area contributed by atoms with Gasteiger partial charge in [-0.15, -0.1) is 0 Å². The quantitative estimate of drug-likeness (QED) is 0.748. The molecule has 0 radical (unpaired) electrons. The molecule has 0 fully saturated rings. The Kier molecular flexibility index (Phi) is 7.63. The van der Waals surface area contributed by atoms with Crippen LogP contribution in [0.5, 0.6) is 0 Å². The molecule has 0 saturated carbocycles. The van der Waals surface area contributed by atoms with E-state index < -0.39 is 0 Å². The molecule has 0 aromatic heterocycles. The van der Waals surface area contributed by atoms with Crippen LogP contribution in [0.2, 0.25) is 0 Å². The monoisotopic (exact) mass is 278 g/mol. The van der Waals surface area contributed by atoms with Crippen molar-refractivity contribution in [3.05, 3.63) is 29.8 Å². The minimum absolute atomic E-state index is 0.406. The number of hydrogen-bond acceptors (Lipinski definition) is 3. The lowest BCUT2D eigenvalue weighted by atomic mass is 10.0. The number of para-hydroxylation sites is 1. The number of ether oxygens (including phenoxy) is 1. The summed E-state index contributed by atoms with van der Waals surface area (Å²) in [6.07, 6.45) is 1.09. The molecule has 1 N–H and O–H groups in total. The minimum Gasteiger partial charge on any atom is -0.383 e. The van der Waals surface area contributed by atoms with Gasteiger partial charge in [0.1, 0.15) is 0 Å².